The van der Waals surface area contributed by atoms with E-state index in [1.54, 1.807) is 0 Å². The SMILES string of the molecule is O[Si]12O[Si]3(O)O[Si](O)(O1)O[Si](O)(O2)O3.[H-].[H-].[H-].[H-].[H-].[H-].[H-].[H-].[H-].[H-].[H-].[H-].[H-].[H-].[H-].[H-].[H-].[H-].[H-].[H-].[H-].[H-].[H-].[H-].[H-].[H-].[H-].[H-].[H-].[H-].[H-].[H-].[H-].[H-].[H-].[H-].[Li+].[Li+].[Mg+2].[Mg+2].[Mg+2].[Mg+2].[Mg+2].[Mg+2].[Mg+2].[Mg+2].[Mg+2].[Mg+2].[Mg+2].[Mg+2].[Mg+2].[Mg+2].[Mg+2].[Mg+2].[Na+].[Na+]. The first-order valence-corrected chi connectivity index (χ1v) is 10.0. The van der Waals surface area contributed by atoms with Gasteiger partial charge in [-0.25, -0.2) is 0 Å². The van der Waals surface area contributed by atoms with Gasteiger partial charge in [0.25, 0.3) is 0 Å². The van der Waals surface area contributed by atoms with E-state index in [-0.39, 0.29) is 517 Å². The van der Waals surface area contributed by atoms with Crippen LogP contribution < -0.4 is 96.8 Å². The molecule has 4 fully saturated rings. The van der Waals surface area contributed by atoms with Crippen LogP contribution in [0.3, 0.4) is 0 Å². The minimum Gasteiger partial charge on any atom is -1.00 e. The zero-order valence-corrected chi connectivity index (χ0v) is 52.2. The average molecular weight is 761 g/mol. The monoisotopic (exact) mass is 756 g/mol. The van der Waals surface area contributed by atoms with E-state index in [0.29, 0.717) is 0 Å². The molecule has 0 aliphatic carbocycles. The summed E-state index contributed by atoms with van der Waals surface area (Å²) in [6.07, 6.45) is 0. The average Bonchev–Trinajstić information content (AvgIpc) is 1.67. The maximum Gasteiger partial charge on any atom is 2.00 e. The van der Waals surface area contributed by atoms with Gasteiger partial charge in [-0.1, -0.05) is 0 Å². The van der Waals surface area contributed by atoms with Crippen molar-refractivity contribution >= 4 is 405 Å². The first-order valence-electron chi connectivity index (χ1n) is 3.34. The van der Waals surface area contributed by atoms with Gasteiger partial charge < -0.3 is 95.2 Å². The minimum absolute atomic E-state index is 0. The Bertz CT molecular complexity index is 327. The van der Waals surface area contributed by atoms with Gasteiger partial charge in [0.15, 0.2) is 0 Å². The van der Waals surface area contributed by atoms with E-state index in [1.165, 1.54) is 0 Å². The molecule has 34 heavy (non-hydrogen) atoms. The number of hydrogen-bond acceptors (Lipinski definition) is 10. The van der Waals surface area contributed by atoms with Crippen molar-refractivity contribution in [3.8, 4) is 0 Å². The van der Waals surface area contributed by atoms with Gasteiger partial charge >= 0.3 is 502 Å². The minimum atomic E-state index is -4.26. The van der Waals surface area contributed by atoms with E-state index in [4.69, 9.17) is 0 Å². The molecule has 4 aliphatic heterocycles. The van der Waals surface area contributed by atoms with Crippen molar-refractivity contribution < 1.29 is 192 Å². The molecule has 0 aromatic heterocycles. The Morgan fingerprint density at radius 2 is 0.353 bits per heavy atom. The van der Waals surface area contributed by atoms with Gasteiger partial charge in [-0.05, 0) is 0 Å². The van der Waals surface area contributed by atoms with Gasteiger partial charge in [-0.2, -0.15) is 0 Å². The van der Waals surface area contributed by atoms with Gasteiger partial charge in [-0.15, -0.1) is 0 Å². The van der Waals surface area contributed by atoms with Crippen molar-refractivity contribution in [1.29, 1.82) is 0 Å². The van der Waals surface area contributed by atoms with Gasteiger partial charge in [0.05, 0.1) is 0 Å². The fraction of sp³-hybridized carbons (Fsp3) is 0. The Morgan fingerprint density at radius 3 is 0.412 bits per heavy atom. The van der Waals surface area contributed by atoms with Crippen molar-refractivity contribution in [2.45, 2.75) is 0 Å². The van der Waals surface area contributed by atoms with Crippen molar-refractivity contribution in [3.63, 3.8) is 0 Å². The molecule has 0 aromatic carbocycles. The molecule has 4 bridgehead atoms. The van der Waals surface area contributed by atoms with Crippen LogP contribution in [0.1, 0.15) is 51.4 Å². The summed E-state index contributed by atoms with van der Waals surface area (Å²) < 4.78 is 27.0. The van der Waals surface area contributed by atoms with E-state index >= 15 is 0 Å². The molecule has 0 atom stereocenters. The molecule has 10 nitrogen and oxygen atoms in total. The van der Waals surface area contributed by atoms with Crippen LogP contribution in [0, 0.1) is 0 Å². The molecule has 4 N–H and O–H groups in total. The molecule has 0 amide bonds. The third kappa shape index (κ3) is 39.1. The summed E-state index contributed by atoms with van der Waals surface area (Å²) in [5.41, 5.74) is 0. The normalized spacial score (nSPS) is 27.2. The smallest absolute Gasteiger partial charge is 1.00 e. The number of hydrogen-bond donors (Lipinski definition) is 4. The van der Waals surface area contributed by atoms with Crippen LogP contribution in [0.15, 0.2) is 0 Å². The zero-order chi connectivity index (χ0) is 10.2. The van der Waals surface area contributed by atoms with Gasteiger partial charge in [-0.3, -0.25) is 0 Å². The van der Waals surface area contributed by atoms with Gasteiger partial charge in [0, 0.05) is 0 Å². The van der Waals surface area contributed by atoms with Crippen LogP contribution in [-0.2, 0) is 24.7 Å². The fourth-order valence-electron chi connectivity index (χ4n) is 1.23. The van der Waals surface area contributed by atoms with E-state index in [9.17, 15) is 19.2 Å². The molecule has 0 spiro atoms. The van der Waals surface area contributed by atoms with Gasteiger partial charge in [0.2, 0.25) is 0 Å². The zero-order valence-electron chi connectivity index (χ0n) is 57.6. The molecule has 0 saturated carbocycles. The molecule has 0 radical (unpaired) electrons. The van der Waals surface area contributed by atoms with E-state index in [0.717, 1.165) is 0 Å². The predicted octanol–water partition coefficient (Wildman–Crippen LogP) is -18.2. The Balaban J connectivity index is -0.000000000879. The summed E-state index contributed by atoms with van der Waals surface area (Å²) in [5, 5.41) is 0. The van der Waals surface area contributed by atoms with Crippen molar-refractivity contribution in [1.82, 2.24) is 0 Å². The fourth-order valence-corrected chi connectivity index (χ4v) is 15.6. The molecule has 152 valence electrons. The van der Waals surface area contributed by atoms with Crippen molar-refractivity contribution in [2.75, 3.05) is 0 Å². The molecule has 4 rings (SSSR count). The predicted molar refractivity (Wildman–Crippen MR) is 170 cm³/mol. The summed E-state index contributed by atoms with van der Waals surface area (Å²) in [5.74, 6) is 0. The quantitative estimate of drug-likeness (QED) is 0.177. The summed E-state index contributed by atoms with van der Waals surface area (Å²) in [4.78, 5) is 37.8. The van der Waals surface area contributed by atoms with Crippen molar-refractivity contribution in [3.05, 3.63) is 0 Å². The van der Waals surface area contributed by atoms with E-state index < -0.39 is 36.2 Å². The van der Waals surface area contributed by atoms with Gasteiger partial charge in [0.1, 0.15) is 0 Å². The molecule has 4 heterocycles. The van der Waals surface area contributed by atoms with E-state index in [2.05, 4.69) is 24.7 Å². The standard InChI is InChI=1S/2Li.16Mg.2Na.H4O10Si4.36H/c;;;;;;;;;;;;;;;;;;;;1-11-5-12(2)8-13(3,6-11)10-14(4,7-11)9-12;;;;;;;;;;;;;;;;;;;;;;;;;;;;;;;;;;;;/h;;;;;;;;;;;;;;;;;;;;1-4H;;;;;;;;;;;;;;;;;;;;;;;;;;;;;;;;;;;;/q2*+1;16*+2;2*+1;;36*-1. The van der Waals surface area contributed by atoms with Crippen LogP contribution in [0.4, 0.5) is 0 Å². The van der Waals surface area contributed by atoms with Crippen LogP contribution in [-0.4, -0.2) is 424 Å². The molecular weight excluding hydrogens is 721 g/mol. The third-order valence-electron chi connectivity index (χ3n) is 1.55. The van der Waals surface area contributed by atoms with Crippen molar-refractivity contribution in [2.24, 2.45) is 0 Å². The Hall–Kier alpha value is 15.9. The largest absolute Gasteiger partial charge is 2.00 e. The molecule has 4 aliphatic rings. The second-order valence-electron chi connectivity index (χ2n) is 2.71. The third-order valence-corrected chi connectivity index (χ3v) is 13.9. The second kappa shape index (κ2) is 53.3. The topological polar surface area (TPSA) is 136 Å². The van der Waals surface area contributed by atoms with Crippen LogP contribution in [0.2, 0.25) is 0 Å². The molecular formula is H40Li2Mg16Na2O10Si4. The molecule has 0 aromatic rings. The number of rotatable bonds is 0. The van der Waals surface area contributed by atoms with Crippen LogP contribution in [0.25, 0.3) is 0 Å². The molecule has 4 saturated heterocycles. The first-order chi connectivity index (χ1) is 6.24. The van der Waals surface area contributed by atoms with E-state index in [1.807, 2.05) is 0 Å². The Labute approximate surface area is 584 Å². The summed E-state index contributed by atoms with van der Waals surface area (Å²) in [6.45, 7) is 0. The second-order valence-corrected chi connectivity index (χ2v) is 11.8. The summed E-state index contributed by atoms with van der Waals surface area (Å²) in [7, 11) is -17.0. The summed E-state index contributed by atoms with van der Waals surface area (Å²) >= 11 is 0. The first kappa shape index (κ1) is 117. The van der Waals surface area contributed by atoms with Crippen LogP contribution in [0.5, 0.6) is 0 Å². The molecule has 0 unspecified atom stereocenters. The summed E-state index contributed by atoms with van der Waals surface area (Å²) in [6, 6.07) is 0. The maximum absolute atomic E-state index is 9.45. The maximum atomic E-state index is 9.45. The Morgan fingerprint density at radius 1 is 0.294 bits per heavy atom. The molecule has 34 heteroatoms. The van der Waals surface area contributed by atoms with Crippen LogP contribution >= 0.6 is 0 Å². The Kier molecular flexibility index (Phi) is 184.